The van der Waals surface area contributed by atoms with Crippen molar-refractivity contribution in [3.8, 4) is 0 Å². The highest BCUT2D eigenvalue weighted by Gasteiger charge is 2.15. The van der Waals surface area contributed by atoms with Crippen LogP contribution >= 0.6 is 22.7 Å². The Morgan fingerprint density at radius 3 is 2.81 bits per heavy atom. The van der Waals surface area contributed by atoms with Gasteiger partial charge >= 0.3 is 0 Å². The van der Waals surface area contributed by atoms with Gasteiger partial charge in [0.25, 0.3) is 0 Å². The van der Waals surface area contributed by atoms with Gasteiger partial charge in [-0.2, -0.15) is 0 Å². The van der Waals surface area contributed by atoms with Crippen LogP contribution in [-0.2, 0) is 0 Å². The third-order valence-corrected chi connectivity index (χ3v) is 5.81. The summed E-state index contributed by atoms with van der Waals surface area (Å²) in [4.78, 5) is 1.07. The van der Waals surface area contributed by atoms with Gasteiger partial charge in [-0.05, 0) is 46.0 Å². The number of halogens is 1. The number of rotatable bonds is 2. The molecule has 1 nitrogen and oxygen atoms in total. The molecule has 0 spiro atoms. The first-order chi connectivity index (χ1) is 10.2. The van der Waals surface area contributed by atoms with E-state index in [1.807, 2.05) is 12.1 Å². The molecule has 0 aliphatic carbocycles. The monoisotopic (exact) mass is 313 g/mol. The lowest BCUT2D eigenvalue weighted by Gasteiger charge is -2.11. The molecule has 4 heteroatoms. The molecule has 1 unspecified atom stereocenters. The SMILES string of the molecule is NC(c1cc2ccc(F)cc2s1)c1cccc2ccsc12. The van der Waals surface area contributed by atoms with Crippen molar-refractivity contribution in [1.29, 1.82) is 0 Å². The number of nitrogens with two attached hydrogens (primary N) is 1. The van der Waals surface area contributed by atoms with Gasteiger partial charge in [-0.1, -0.05) is 24.3 Å². The molecule has 21 heavy (non-hydrogen) atoms. The molecule has 0 bridgehead atoms. The Hall–Kier alpha value is -1.75. The van der Waals surface area contributed by atoms with Gasteiger partial charge in [0.05, 0.1) is 6.04 Å². The standard InChI is InChI=1S/C17H12FNS2/c18-12-5-4-11-8-15(21-14(11)9-12)16(19)13-3-1-2-10-6-7-20-17(10)13/h1-9,16H,19H2. The maximum atomic E-state index is 13.3. The molecular formula is C17H12FNS2. The molecule has 2 N–H and O–H groups in total. The summed E-state index contributed by atoms with van der Waals surface area (Å²) in [5.41, 5.74) is 7.60. The van der Waals surface area contributed by atoms with E-state index in [1.54, 1.807) is 28.7 Å². The fraction of sp³-hybridized carbons (Fsp3) is 0.0588. The Labute approximate surface area is 129 Å². The summed E-state index contributed by atoms with van der Waals surface area (Å²) >= 11 is 3.28. The number of hydrogen-bond donors (Lipinski definition) is 1. The van der Waals surface area contributed by atoms with Crippen LogP contribution in [0.5, 0.6) is 0 Å². The van der Waals surface area contributed by atoms with Gasteiger partial charge in [-0.3, -0.25) is 0 Å². The van der Waals surface area contributed by atoms with E-state index in [-0.39, 0.29) is 11.9 Å². The van der Waals surface area contributed by atoms with Crippen LogP contribution in [0, 0.1) is 5.82 Å². The quantitative estimate of drug-likeness (QED) is 0.533. The van der Waals surface area contributed by atoms with Gasteiger partial charge in [0.15, 0.2) is 0 Å². The molecule has 0 saturated heterocycles. The van der Waals surface area contributed by atoms with E-state index in [2.05, 4.69) is 29.6 Å². The molecule has 0 aliphatic heterocycles. The first-order valence-corrected chi connectivity index (χ1v) is 8.33. The van der Waals surface area contributed by atoms with Crippen molar-refractivity contribution in [1.82, 2.24) is 0 Å². The van der Waals surface area contributed by atoms with Gasteiger partial charge < -0.3 is 5.73 Å². The maximum absolute atomic E-state index is 13.3. The Bertz CT molecular complexity index is 938. The van der Waals surface area contributed by atoms with Crippen LogP contribution < -0.4 is 5.73 Å². The second-order valence-corrected chi connectivity index (χ2v) is 7.03. The van der Waals surface area contributed by atoms with Crippen LogP contribution in [0.25, 0.3) is 20.2 Å². The van der Waals surface area contributed by atoms with Gasteiger partial charge in [0.2, 0.25) is 0 Å². The van der Waals surface area contributed by atoms with Crippen LogP contribution in [0.15, 0.2) is 53.9 Å². The minimum absolute atomic E-state index is 0.173. The second-order valence-electron chi connectivity index (χ2n) is 4.99. The zero-order valence-electron chi connectivity index (χ0n) is 11.0. The largest absolute Gasteiger partial charge is 0.320 e. The summed E-state index contributed by atoms with van der Waals surface area (Å²) in [7, 11) is 0. The lowest BCUT2D eigenvalue weighted by Crippen LogP contribution is -2.10. The van der Waals surface area contributed by atoms with Crippen LogP contribution in [-0.4, -0.2) is 0 Å². The van der Waals surface area contributed by atoms with Crippen molar-refractivity contribution >= 4 is 42.8 Å². The highest BCUT2D eigenvalue weighted by Crippen LogP contribution is 2.36. The molecule has 2 aromatic heterocycles. The molecule has 104 valence electrons. The Kier molecular flexibility index (Phi) is 3.03. The van der Waals surface area contributed by atoms with Crippen molar-refractivity contribution in [3.05, 3.63) is 70.2 Å². The fourth-order valence-corrected chi connectivity index (χ4v) is 4.66. The van der Waals surface area contributed by atoms with Crippen molar-refractivity contribution in [2.24, 2.45) is 5.73 Å². The summed E-state index contributed by atoms with van der Waals surface area (Å²) in [5.74, 6) is -0.204. The first kappa shape index (κ1) is 13.0. The van der Waals surface area contributed by atoms with Gasteiger partial charge in [0.1, 0.15) is 5.82 Å². The van der Waals surface area contributed by atoms with Crippen molar-refractivity contribution in [3.63, 3.8) is 0 Å². The van der Waals surface area contributed by atoms with Crippen molar-refractivity contribution in [2.45, 2.75) is 6.04 Å². The molecule has 1 atom stereocenters. The first-order valence-electron chi connectivity index (χ1n) is 6.63. The Morgan fingerprint density at radius 2 is 1.90 bits per heavy atom. The van der Waals surface area contributed by atoms with Crippen molar-refractivity contribution in [2.75, 3.05) is 0 Å². The molecular weight excluding hydrogens is 301 g/mol. The molecule has 4 aromatic rings. The van der Waals surface area contributed by atoms with Crippen LogP contribution in [0.2, 0.25) is 0 Å². The average molecular weight is 313 g/mol. The van der Waals surface area contributed by atoms with Gasteiger partial charge in [-0.15, -0.1) is 22.7 Å². The van der Waals surface area contributed by atoms with Crippen LogP contribution in [0.3, 0.4) is 0 Å². The van der Waals surface area contributed by atoms with E-state index >= 15 is 0 Å². The predicted molar refractivity (Wildman–Crippen MR) is 89.6 cm³/mol. The Morgan fingerprint density at radius 1 is 1.00 bits per heavy atom. The number of thiophene rings is 2. The van der Waals surface area contributed by atoms with E-state index < -0.39 is 0 Å². The average Bonchev–Trinajstić information content (AvgIpc) is 3.11. The summed E-state index contributed by atoms with van der Waals surface area (Å²) in [6.07, 6.45) is 0. The van der Waals surface area contributed by atoms with Crippen LogP contribution in [0.1, 0.15) is 16.5 Å². The predicted octanol–water partition coefficient (Wildman–Crippen LogP) is 5.30. The maximum Gasteiger partial charge on any atom is 0.124 e. The summed E-state index contributed by atoms with van der Waals surface area (Å²) in [6.45, 7) is 0. The molecule has 4 rings (SSSR count). The number of fused-ring (bicyclic) bond motifs is 2. The third kappa shape index (κ3) is 2.16. The van der Waals surface area contributed by atoms with E-state index in [0.717, 1.165) is 20.5 Å². The normalized spacial score (nSPS) is 13.0. The molecule has 0 saturated carbocycles. The summed E-state index contributed by atoms with van der Waals surface area (Å²) in [6, 6.07) is 15.1. The van der Waals surface area contributed by atoms with E-state index in [4.69, 9.17) is 5.73 Å². The number of hydrogen-bond acceptors (Lipinski definition) is 3. The second kappa shape index (κ2) is 4.91. The molecule has 2 heterocycles. The highest BCUT2D eigenvalue weighted by molar-refractivity contribution is 7.19. The minimum atomic E-state index is -0.204. The lowest BCUT2D eigenvalue weighted by molar-refractivity contribution is 0.630. The van der Waals surface area contributed by atoms with Crippen LogP contribution in [0.4, 0.5) is 4.39 Å². The molecule has 0 radical (unpaired) electrons. The molecule has 2 aromatic carbocycles. The smallest absolute Gasteiger partial charge is 0.124 e. The molecule has 0 aliphatic rings. The van der Waals surface area contributed by atoms with Gasteiger partial charge in [-0.25, -0.2) is 4.39 Å². The third-order valence-electron chi connectivity index (χ3n) is 3.65. The molecule has 0 fully saturated rings. The van der Waals surface area contributed by atoms with Gasteiger partial charge in [0, 0.05) is 14.3 Å². The molecule has 0 amide bonds. The summed E-state index contributed by atoms with van der Waals surface area (Å²) in [5, 5.41) is 4.35. The number of benzene rings is 2. The lowest BCUT2D eigenvalue weighted by atomic mass is 10.0. The van der Waals surface area contributed by atoms with E-state index in [1.165, 1.54) is 16.2 Å². The zero-order valence-corrected chi connectivity index (χ0v) is 12.7. The summed E-state index contributed by atoms with van der Waals surface area (Å²) < 4.78 is 15.5. The zero-order chi connectivity index (χ0) is 14.4. The van der Waals surface area contributed by atoms with Crippen molar-refractivity contribution < 1.29 is 4.39 Å². The highest BCUT2D eigenvalue weighted by atomic mass is 32.1. The van der Waals surface area contributed by atoms with E-state index in [9.17, 15) is 4.39 Å². The topological polar surface area (TPSA) is 26.0 Å². The Balaban J connectivity index is 1.85. The fourth-order valence-electron chi connectivity index (χ4n) is 2.59. The minimum Gasteiger partial charge on any atom is -0.320 e. The van der Waals surface area contributed by atoms with E-state index in [0.29, 0.717) is 0 Å².